The molecule has 0 saturated carbocycles. The lowest BCUT2D eigenvalue weighted by Crippen LogP contribution is -2.40. The van der Waals surface area contributed by atoms with Crippen molar-refractivity contribution < 1.29 is 19.1 Å². The van der Waals surface area contributed by atoms with Crippen molar-refractivity contribution in [2.75, 3.05) is 14.2 Å². The van der Waals surface area contributed by atoms with E-state index in [4.69, 9.17) is 9.47 Å². The van der Waals surface area contributed by atoms with Gasteiger partial charge in [0.05, 0.1) is 14.2 Å². The summed E-state index contributed by atoms with van der Waals surface area (Å²) in [5.74, 6) is 12.6. The molecule has 0 aromatic heterocycles. The van der Waals surface area contributed by atoms with Gasteiger partial charge in [-0.15, -0.1) is 17.4 Å². The summed E-state index contributed by atoms with van der Waals surface area (Å²) in [6.07, 6.45) is -0.0306. The van der Waals surface area contributed by atoms with Crippen molar-refractivity contribution in [1.29, 1.82) is 0 Å². The van der Waals surface area contributed by atoms with E-state index in [1.54, 1.807) is 6.92 Å². The molecule has 0 aliphatic rings. The molecule has 0 rings (SSSR count). The van der Waals surface area contributed by atoms with Crippen LogP contribution >= 0.6 is 0 Å². The summed E-state index contributed by atoms with van der Waals surface area (Å²) in [4.78, 5) is 24.4. The molecule has 5 heteroatoms. The van der Waals surface area contributed by atoms with Crippen molar-refractivity contribution in [3.63, 3.8) is 0 Å². The van der Waals surface area contributed by atoms with Gasteiger partial charge in [-0.2, -0.15) is 0 Å². The zero-order chi connectivity index (χ0) is 19.3. The van der Waals surface area contributed by atoms with Crippen LogP contribution in [0.15, 0.2) is 0 Å². The molecule has 0 aromatic carbocycles. The molecule has 0 fully saturated rings. The Morgan fingerprint density at radius 1 is 0.880 bits per heavy atom. The van der Waals surface area contributed by atoms with Crippen LogP contribution in [0.1, 0.15) is 40.5 Å². The average molecular weight is 361 g/mol. The number of carbonyl (C=O) groups excluding carboxylic acids is 2. The molecular weight excluding hydrogens is 332 g/mol. The zero-order valence-corrected chi connectivity index (χ0v) is 17.2. The standard InChI is InChI=1S/C20H28O4Si/c1-7-11-15-20(18(21)23-5,19(22)24-6)16-13-12-14-17-25(8-2,9-3)10-4/h8-10,15-16H2,1-6H3. The van der Waals surface area contributed by atoms with Gasteiger partial charge in [0.25, 0.3) is 0 Å². The Bertz CT molecular complexity index is 618. The summed E-state index contributed by atoms with van der Waals surface area (Å²) in [6, 6.07) is 3.28. The van der Waals surface area contributed by atoms with E-state index in [2.05, 4.69) is 55.9 Å². The van der Waals surface area contributed by atoms with Crippen LogP contribution in [0, 0.1) is 40.6 Å². The number of esters is 2. The molecule has 0 N–H and O–H groups in total. The number of hydrogen-bond donors (Lipinski definition) is 0. The fourth-order valence-electron chi connectivity index (χ4n) is 2.48. The van der Waals surface area contributed by atoms with Crippen LogP contribution in [-0.4, -0.2) is 34.2 Å². The number of carbonyl (C=O) groups is 2. The Morgan fingerprint density at radius 2 is 1.36 bits per heavy atom. The summed E-state index contributed by atoms with van der Waals surface area (Å²) in [5.41, 5.74) is 1.82. The second-order valence-corrected chi connectivity index (χ2v) is 10.7. The molecule has 0 radical (unpaired) electrons. The van der Waals surface area contributed by atoms with Crippen molar-refractivity contribution in [1.82, 2.24) is 0 Å². The second kappa shape index (κ2) is 11.4. The van der Waals surface area contributed by atoms with E-state index in [9.17, 15) is 9.59 Å². The van der Waals surface area contributed by atoms with Gasteiger partial charge in [0.1, 0.15) is 8.07 Å². The van der Waals surface area contributed by atoms with Crippen LogP contribution in [0.2, 0.25) is 18.1 Å². The third-order valence-corrected chi connectivity index (χ3v) is 9.33. The van der Waals surface area contributed by atoms with Gasteiger partial charge < -0.3 is 9.47 Å². The van der Waals surface area contributed by atoms with Crippen LogP contribution in [0.25, 0.3) is 0 Å². The highest BCUT2D eigenvalue weighted by Crippen LogP contribution is 2.29. The van der Waals surface area contributed by atoms with Gasteiger partial charge in [-0.3, -0.25) is 9.59 Å². The van der Waals surface area contributed by atoms with Gasteiger partial charge in [0.15, 0.2) is 5.41 Å². The topological polar surface area (TPSA) is 52.6 Å². The molecule has 4 nitrogen and oxygen atoms in total. The van der Waals surface area contributed by atoms with Crippen LogP contribution in [0.4, 0.5) is 0 Å². The van der Waals surface area contributed by atoms with E-state index in [1.165, 1.54) is 14.2 Å². The fourth-order valence-corrected chi connectivity index (χ4v) is 4.84. The van der Waals surface area contributed by atoms with E-state index in [0.29, 0.717) is 0 Å². The van der Waals surface area contributed by atoms with Gasteiger partial charge in [-0.25, -0.2) is 0 Å². The summed E-state index contributed by atoms with van der Waals surface area (Å²) in [7, 11) is 0.904. The quantitative estimate of drug-likeness (QED) is 0.303. The Kier molecular flexibility index (Phi) is 10.4. The Morgan fingerprint density at radius 3 is 1.76 bits per heavy atom. The van der Waals surface area contributed by atoms with Crippen molar-refractivity contribution in [2.45, 2.75) is 58.7 Å². The molecule has 0 aromatic rings. The SMILES string of the molecule is CC#CCC(CC#CC#C[Si](CC)(CC)CC)(C(=O)OC)C(=O)OC. The van der Waals surface area contributed by atoms with E-state index in [1.807, 2.05) is 0 Å². The third-order valence-electron chi connectivity index (χ3n) is 4.62. The molecule has 0 amide bonds. The second-order valence-electron chi connectivity index (χ2n) is 5.74. The highest BCUT2D eigenvalue weighted by atomic mass is 28.3. The maximum atomic E-state index is 12.2. The lowest BCUT2D eigenvalue weighted by Gasteiger charge is -2.23. The maximum absolute atomic E-state index is 12.2. The van der Waals surface area contributed by atoms with E-state index < -0.39 is 25.4 Å². The minimum atomic E-state index is -1.56. The largest absolute Gasteiger partial charge is 0.468 e. The normalized spacial score (nSPS) is 10.2. The van der Waals surface area contributed by atoms with Crippen molar-refractivity contribution in [3.8, 4) is 35.1 Å². The maximum Gasteiger partial charge on any atom is 0.325 e. The Hall–Kier alpha value is -2.16. The molecular formula is C20H28O4Si. The van der Waals surface area contributed by atoms with Gasteiger partial charge in [0.2, 0.25) is 0 Å². The first-order valence-corrected chi connectivity index (χ1v) is 11.1. The number of hydrogen-bond acceptors (Lipinski definition) is 4. The van der Waals surface area contributed by atoms with E-state index >= 15 is 0 Å². The Labute approximate surface area is 153 Å². The van der Waals surface area contributed by atoms with Gasteiger partial charge in [0, 0.05) is 12.8 Å². The zero-order valence-electron chi connectivity index (χ0n) is 16.2. The predicted octanol–water partition coefficient (Wildman–Crippen LogP) is 3.18. The first-order valence-electron chi connectivity index (χ1n) is 8.48. The molecule has 0 aliphatic heterocycles. The smallest absolute Gasteiger partial charge is 0.325 e. The molecule has 0 atom stereocenters. The number of ether oxygens (including phenoxy) is 2. The Balaban J connectivity index is 5.61. The van der Waals surface area contributed by atoms with Crippen molar-refractivity contribution in [2.24, 2.45) is 5.41 Å². The molecule has 0 aliphatic carbocycles. The van der Waals surface area contributed by atoms with Crippen LogP contribution in [-0.2, 0) is 19.1 Å². The first kappa shape index (κ1) is 22.8. The number of methoxy groups -OCH3 is 2. The third kappa shape index (κ3) is 6.00. The van der Waals surface area contributed by atoms with E-state index in [0.717, 1.165) is 18.1 Å². The fraction of sp³-hybridized carbons (Fsp3) is 0.600. The lowest BCUT2D eigenvalue weighted by molar-refractivity contribution is -0.168. The minimum Gasteiger partial charge on any atom is -0.468 e. The molecule has 0 heterocycles. The number of rotatable bonds is 7. The molecule has 136 valence electrons. The van der Waals surface area contributed by atoms with Gasteiger partial charge in [-0.1, -0.05) is 26.7 Å². The molecule has 0 spiro atoms. The summed E-state index contributed by atoms with van der Waals surface area (Å²) < 4.78 is 9.59. The summed E-state index contributed by atoms with van der Waals surface area (Å²) >= 11 is 0. The molecule has 0 saturated heterocycles. The lowest BCUT2D eigenvalue weighted by atomic mass is 9.81. The molecule has 0 bridgehead atoms. The van der Waals surface area contributed by atoms with E-state index in [-0.39, 0.29) is 12.8 Å². The van der Waals surface area contributed by atoms with Gasteiger partial charge >= 0.3 is 11.9 Å². The van der Waals surface area contributed by atoms with Crippen molar-refractivity contribution in [3.05, 3.63) is 0 Å². The highest BCUT2D eigenvalue weighted by Gasteiger charge is 2.47. The van der Waals surface area contributed by atoms with Crippen LogP contribution < -0.4 is 0 Å². The molecule has 0 unspecified atom stereocenters. The monoisotopic (exact) mass is 360 g/mol. The van der Waals surface area contributed by atoms with Crippen LogP contribution in [0.5, 0.6) is 0 Å². The summed E-state index contributed by atoms with van der Waals surface area (Å²) in [6.45, 7) is 8.15. The minimum absolute atomic E-state index is 0.00250. The van der Waals surface area contributed by atoms with Crippen molar-refractivity contribution >= 4 is 20.0 Å². The van der Waals surface area contributed by atoms with Crippen LogP contribution in [0.3, 0.4) is 0 Å². The average Bonchev–Trinajstić information content (AvgIpc) is 2.66. The first-order chi connectivity index (χ1) is 11.9. The summed E-state index contributed by atoms with van der Waals surface area (Å²) in [5, 5.41) is 0. The predicted molar refractivity (Wildman–Crippen MR) is 102 cm³/mol. The molecule has 25 heavy (non-hydrogen) atoms. The van der Waals surface area contributed by atoms with Gasteiger partial charge in [-0.05, 0) is 36.9 Å². The highest BCUT2D eigenvalue weighted by molar-refractivity contribution is 6.87.